The monoisotopic (exact) mass is 362 g/mol. The number of hydrogen-bond acceptors (Lipinski definition) is 5. The maximum Gasteiger partial charge on any atom is 0.239 e. The quantitative estimate of drug-likeness (QED) is 0.463. The summed E-state index contributed by atoms with van der Waals surface area (Å²) in [6.07, 6.45) is 1.91. The van der Waals surface area contributed by atoms with Crippen molar-refractivity contribution in [2.45, 2.75) is 24.3 Å². The number of aryl methyl sites for hydroxylation is 1. The molecule has 0 radical (unpaired) electrons. The summed E-state index contributed by atoms with van der Waals surface area (Å²) in [4.78, 5) is 9.02. The van der Waals surface area contributed by atoms with Gasteiger partial charge in [-0.1, -0.05) is 65.4 Å². The Morgan fingerprint density at radius 1 is 1.00 bits per heavy atom. The first kappa shape index (κ1) is 16.6. The Bertz CT molecular complexity index is 995. The Morgan fingerprint density at radius 3 is 2.35 bits per heavy atom. The zero-order valence-corrected chi connectivity index (χ0v) is 15.4. The van der Waals surface area contributed by atoms with E-state index in [1.807, 2.05) is 56.4 Å². The molecule has 0 amide bonds. The van der Waals surface area contributed by atoms with Crippen molar-refractivity contribution in [2.24, 2.45) is 0 Å². The van der Waals surface area contributed by atoms with Gasteiger partial charge in [0.2, 0.25) is 5.89 Å². The maximum atomic E-state index is 5.32. The molecular formula is C20H18N4OS. The molecule has 4 aromatic rings. The van der Waals surface area contributed by atoms with Crippen LogP contribution in [0.15, 0.2) is 76.5 Å². The van der Waals surface area contributed by atoms with Crippen molar-refractivity contribution in [1.82, 2.24) is 19.7 Å². The molecule has 1 atom stereocenters. The number of rotatable bonds is 5. The molecule has 0 N–H and O–H groups in total. The largest absolute Gasteiger partial charge is 0.338 e. The van der Waals surface area contributed by atoms with Gasteiger partial charge < -0.3 is 4.52 Å². The molecule has 2 aromatic heterocycles. The van der Waals surface area contributed by atoms with Gasteiger partial charge in [0.1, 0.15) is 0 Å². The first-order chi connectivity index (χ1) is 12.7. The molecule has 0 fully saturated rings. The van der Waals surface area contributed by atoms with Gasteiger partial charge in [-0.25, -0.2) is 4.98 Å². The molecule has 5 nitrogen and oxygen atoms in total. The molecule has 2 aromatic carbocycles. The van der Waals surface area contributed by atoms with Crippen LogP contribution in [0.5, 0.6) is 0 Å². The second kappa shape index (κ2) is 7.17. The highest BCUT2D eigenvalue weighted by Crippen LogP contribution is 2.37. The fourth-order valence-electron chi connectivity index (χ4n) is 2.74. The Hall–Kier alpha value is -2.86. The Morgan fingerprint density at radius 2 is 1.69 bits per heavy atom. The summed E-state index contributed by atoms with van der Waals surface area (Å²) in [5.74, 6) is 1.25. The van der Waals surface area contributed by atoms with Crippen LogP contribution in [0, 0.1) is 6.92 Å². The summed E-state index contributed by atoms with van der Waals surface area (Å²) in [5, 5.41) is 4.78. The summed E-state index contributed by atoms with van der Waals surface area (Å²) >= 11 is 1.60. The third-order valence-corrected chi connectivity index (χ3v) is 5.04. The lowest BCUT2D eigenvalue weighted by atomic mass is 10.1. The molecular weight excluding hydrogens is 344 g/mol. The van der Waals surface area contributed by atoms with Crippen molar-refractivity contribution in [1.29, 1.82) is 0 Å². The number of thioether (sulfide) groups is 1. The summed E-state index contributed by atoms with van der Waals surface area (Å²) < 4.78 is 7.48. The van der Waals surface area contributed by atoms with E-state index in [2.05, 4.69) is 44.0 Å². The molecule has 0 spiro atoms. The first-order valence-corrected chi connectivity index (χ1v) is 9.26. The van der Waals surface area contributed by atoms with E-state index in [0.717, 1.165) is 22.1 Å². The molecule has 6 heteroatoms. The lowest BCUT2D eigenvalue weighted by Crippen LogP contribution is -2.00. The minimum Gasteiger partial charge on any atom is -0.338 e. The minimum absolute atomic E-state index is 0.00434. The van der Waals surface area contributed by atoms with Crippen molar-refractivity contribution in [3.05, 3.63) is 78.6 Å². The third kappa shape index (κ3) is 3.28. The fraction of sp³-hybridized carbons (Fsp3) is 0.150. The normalized spacial score (nSPS) is 12.2. The van der Waals surface area contributed by atoms with E-state index in [0.29, 0.717) is 11.7 Å². The van der Waals surface area contributed by atoms with Crippen LogP contribution in [0.3, 0.4) is 0 Å². The molecule has 130 valence electrons. The summed E-state index contributed by atoms with van der Waals surface area (Å²) in [5.41, 5.74) is 3.24. The number of aromatic nitrogens is 4. The van der Waals surface area contributed by atoms with Crippen LogP contribution in [0.4, 0.5) is 0 Å². The number of benzene rings is 2. The molecule has 0 bridgehead atoms. The number of hydrogen-bond donors (Lipinski definition) is 0. The van der Waals surface area contributed by atoms with Gasteiger partial charge in [0.15, 0.2) is 11.0 Å². The third-order valence-electron chi connectivity index (χ3n) is 3.99. The van der Waals surface area contributed by atoms with Gasteiger partial charge in [0.05, 0.1) is 17.1 Å². The number of nitrogens with zero attached hydrogens (tertiary/aromatic N) is 4. The average molecular weight is 362 g/mol. The molecule has 0 aliphatic carbocycles. The zero-order valence-electron chi connectivity index (χ0n) is 14.5. The second-order valence-corrected chi connectivity index (χ2v) is 7.21. The molecule has 2 heterocycles. The highest BCUT2D eigenvalue weighted by molar-refractivity contribution is 7.99. The van der Waals surface area contributed by atoms with Gasteiger partial charge in [0.25, 0.3) is 0 Å². The van der Waals surface area contributed by atoms with Crippen molar-refractivity contribution in [3.63, 3.8) is 0 Å². The van der Waals surface area contributed by atoms with Crippen LogP contribution in [-0.2, 0) is 0 Å². The van der Waals surface area contributed by atoms with Crippen LogP contribution >= 0.6 is 11.8 Å². The van der Waals surface area contributed by atoms with Gasteiger partial charge in [0, 0.05) is 11.3 Å². The van der Waals surface area contributed by atoms with Crippen molar-refractivity contribution < 1.29 is 4.52 Å². The predicted octanol–water partition coefficient (Wildman–Crippen LogP) is 5.08. The first-order valence-electron chi connectivity index (χ1n) is 8.38. The lowest BCUT2D eigenvalue weighted by molar-refractivity contribution is 0.376. The van der Waals surface area contributed by atoms with Crippen molar-refractivity contribution in [3.8, 4) is 16.9 Å². The van der Waals surface area contributed by atoms with Crippen molar-refractivity contribution >= 4 is 11.8 Å². The summed E-state index contributed by atoms with van der Waals surface area (Å²) in [6, 6.07) is 20.5. The predicted molar refractivity (Wildman–Crippen MR) is 102 cm³/mol. The van der Waals surface area contributed by atoms with Gasteiger partial charge in [-0.3, -0.25) is 4.57 Å². The topological polar surface area (TPSA) is 56.7 Å². The lowest BCUT2D eigenvalue weighted by Gasteiger charge is -2.13. The fourth-order valence-corrected chi connectivity index (χ4v) is 3.68. The molecule has 0 saturated carbocycles. The molecule has 1 unspecified atom stereocenters. The molecule has 0 saturated heterocycles. The molecule has 0 aliphatic heterocycles. The van der Waals surface area contributed by atoms with Gasteiger partial charge >= 0.3 is 0 Å². The SMILES string of the molecule is Cc1noc(C(C)Sc2ncc(-c3ccccc3)n2-c2ccccc2)n1. The van der Waals surface area contributed by atoms with Crippen LogP contribution in [0.2, 0.25) is 0 Å². The van der Waals surface area contributed by atoms with E-state index in [4.69, 9.17) is 4.52 Å². The van der Waals surface area contributed by atoms with E-state index < -0.39 is 0 Å². The molecule has 0 aliphatic rings. The van der Waals surface area contributed by atoms with Crippen LogP contribution < -0.4 is 0 Å². The summed E-state index contributed by atoms with van der Waals surface area (Å²) in [7, 11) is 0. The van der Waals surface area contributed by atoms with Crippen LogP contribution in [-0.4, -0.2) is 19.7 Å². The average Bonchev–Trinajstić information content (AvgIpc) is 3.29. The maximum absolute atomic E-state index is 5.32. The van der Waals surface area contributed by atoms with E-state index in [-0.39, 0.29) is 5.25 Å². The smallest absolute Gasteiger partial charge is 0.239 e. The second-order valence-electron chi connectivity index (χ2n) is 5.90. The van der Waals surface area contributed by atoms with Crippen molar-refractivity contribution in [2.75, 3.05) is 0 Å². The van der Waals surface area contributed by atoms with E-state index in [9.17, 15) is 0 Å². The zero-order chi connectivity index (χ0) is 17.9. The van der Waals surface area contributed by atoms with Gasteiger partial charge in [-0.2, -0.15) is 4.98 Å². The standard InChI is InChI=1S/C20H18N4OS/c1-14(19-22-15(2)23-25-19)26-20-21-13-18(16-9-5-3-6-10-16)24(20)17-11-7-4-8-12-17/h3-14H,1-2H3. The van der Waals surface area contributed by atoms with E-state index in [1.54, 1.807) is 11.8 Å². The van der Waals surface area contributed by atoms with E-state index >= 15 is 0 Å². The molecule has 4 rings (SSSR count). The minimum atomic E-state index is 0.00434. The van der Waals surface area contributed by atoms with Gasteiger partial charge in [-0.15, -0.1) is 0 Å². The Labute approximate surface area is 156 Å². The Balaban J connectivity index is 1.76. The number of para-hydroxylation sites is 1. The van der Waals surface area contributed by atoms with Crippen LogP contribution in [0.1, 0.15) is 23.9 Å². The summed E-state index contributed by atoms with van der Waals surface area (Å²) in [6.45, 7) is 3.87. The number of imidazole rings is 1. The van der Waals surface area contributed by atoms with Gasteiger partial charge in [-0.05, 0) is 26.0 Å². The van der Waals surface area contributed by atoms with Crippen LogP contribution in [0.25, 0.3) is 16.9 Å². The highest BCUT2D eigenvalue weighted by Gasteiger charge is 2.20. The van der Waals surface area contributed by atoms with E-state index in [1.165, 1.54) is 0 Å². The highest BCUT2D eigenvalue weighted by atomic mass is 32.2. The Kier molecular flexibility index (Phi) is 4.58. The molecule has 26 heavy (non-hydrogen) atoms.